The van der Waals surface area contributed by atoms with Gasteiger partial charge in [-0.3, -0.25) is 4.79 Å². The van der Waals surface area contributed by atoms with Gasteiger partial charge in [-0.1, -0.05) is 29.8 Å². The second kappa shape index (κ2) is 5.29. The summed E-state index contributed by atoms with van der Waals surface area (Å²) >= 11 is 5.66. The minimum atomic E-state index is -0.538. The molecule has 0 fully saturated rings. The van der Waals surface area contributed by atoms with Crippen LogP contribution >= 0.6 is 11.6 Å². The van der Waals surface area contributed by atoms with E-state index in [9.17, 15) is 9.18 Å². The highest BCUT2D eigenvalue weighted by Crippen LogP contribution is 2.19. The molecule has 2 nitrogen and oxygen atoms in total. The van der Waals surface area contributed by atoms with E-state index in [1.54, 1.807) is 18.2 Å². The molecule has 2 N–H and O–H groups in total. The van der Waals surface area contributed by atoms with E-state index in [0.717, 1.165) is 5.56 Å². The lowest BCUT2D eigenvalue weighted by Gasteiger charge is -2.04. The second-order valence-electron chi connectivity index (χ2n) is 3.86. The zero-order valence-corrected chi connectivity index (χ0v) is 10.2. The Morgan fingerprint density at radius 3 is 2.56 bits per heavy atom. The predicted molar refractivity (Wildman–Crippen MR) is 69.2 cm³/mol. The van der Waals surface area contributed by atoms with Crippen molar-refractivity contribution in [3.63, 3.8) is 0 Å². The normalized spacial score (nSPS) is 10.4. The largest absolute Gasteiger partial charge is 0.326 e. The molecule has 0 amide bonds. The summed E-state index contributed by atoms with van der Waals surface area (Å²) in [5, 5.41) is -0.0594. The molecule has 0 saturated heterocycles. The van der Waals surface area contributed by atoms with Crippen LogP contribution in [0, 0.1) is 5.82 Å². The van der Waals surface area contributed by atoms with Gasteiger partial charge in [0.15, 0.2) is 5.78 Å². The van der Waals surface area contributed by atoms with Crippen molar-refractivity contribution in [2.24, 2.45) is 5.73 Å². The molecule has 4 heteroatoms. The van der Waals surface area contributed by atoms with Gasteiger partial charge in [-0.15, -0.1) is 0 Å². The van der Waals surface area contributed by atoms with Crippen LogP contribution in [0.1, 0.15) is 21.5 Å². The highest BCUT2D eigenvalue weighted by molar-refractivity contribution is 6.31. The number of carbonyl (C=O) groups is 1. The summed E-state index contributed by atoms with van der Waals surface area (Å²) in [4.78, 5) is 12.2. The molecular weight excluding hydrogens is 253 g/mol. The first-order valence-electron chi connectivity index (χ1n) is 5.40. The molecule has 0 aliphatic rings. The summed E-state index contributed by atoms with van der Waals surface area (Å²) in [5.41, 5.74) is 7.26. The van der Waals surface area contributed by atoms with Crippen LogP contribution in [0.3, 0.4) is 0 Å². The first-order valence-corrected chi connectivity index (χ1v) is 5.78. The lowest BCUT2D eigenvalue weighted by atomic mass is 10.0. The zero-order valence-electron chi connectivity index (χ0n) is 9.49. The molecular formula is C14H11ClFNO. The Bertz CT molecular complexity index is 598. The van der Waals surface area contributed by atoms with Crippen LogP contribution in [0.25, 0.3) is 0 Å². The Morgan fingerprint density at radius 1 is 1.17 bits per heavy atom. The fourth-order valence-electron chi connectivity index (χ4n) is 1.64. The van der Waals surface area contributed by atoms with Crippen LogP contribution in [-0.4, -0.2) is 5.78 Å². The molecule has 0 bridgehead atoms. The minimum absolute atomic E-state index is 0.0594. The van der Waals surface area contributed by atoms with Gasteiger partial charge in [0.1, 0.15) is 5.82 Å². The van der Waals surface area contributed by atoms with Gasteiger partial charge in [0.2, 0.25) is 0 Å². The van der Waals surface area contributed by atoms with Crippen LogP contribution in [-0.2, 0) is 6.54 Å². The van der Waals surface area contributed by atoms with Crippen molar-refractivity contribution >= 4 is 17.4 Å². The minimum Gasteiger partial charge on any atom is -0.326 e. The molecule has 0 atom stereocenters. The second-order valence-corrected chi connectivity index (χ2v) is 4.27. The number of nitrogens with two attached hydrogens (primary N) is 1. The lowest BCUT2D eigenvalue weighted by molar-refractivity contribution is 0.103. The van der Waals surface area contributed by atoms with Gasteiger partial charge in [0.25, 0.3) is 0 Å². The van der Waals surface area contributed by atoms with Gasteiger partial charge in [-0.05, 0) is 29.8 Å². The summed E-state index contributed by atoms with van der Waals surface area (Å²) in [6.07, 6.45) is 0. The SMILES string of the molecule is NCc1cccc(C(=O)c2ccc(F)c(Cl)c2)c1. The summed E-state index contributed by atoms with van der Waals surface area (Å²) in [7, 11) is 0. The van der Waals surface area contributed by atoms with Crippen LogP contribution in [0.15, 0.2) is 42.5 Å². The third-order valence-electron chi connectivity index (χ3n) is 2.61. The van der Waals surface area contributed by atoms with E-state index >= 15 is 0 Å². The summed E-state index contributed by atoms with van der Waals surface area (Å²) in [6.45, 7) is 0.366. The molecule has 2 aromatic rings. The average Bonchev–Trinajstić information content (AvgIpc) is 2.41. The van der Waals surface area contributed by atoms with E-state index in [-0.39, 0.29) is 10.8 Å². The average molecular weight is 264 g/mol. The van der Waals surface area contributed by atoms with E-state index in [0.29, 0.717) is 17.7 Å². The summed E-state index contributed by atoms with van der Waals surface area (Å²) in [6, 6.07) is 10.9. The smallest absolute Gasteiger partial charge is 0.193 e. The van der Waals surface area contributed by atoms with Gasteiger partial charge in [-0.25, -0.2) is 4.39 Å². The van der Waals surface area contributed by atoms with Gasteiger partial charge >= 0.3 is 0 Å². The number of hydrogen-bond acceptors (Lipinski definition) is 2. The van der Waals surface area contributed by atoms with Crippen molar-refractivity contribution in [1.82, 2.24) is 0 Å². The highest BCUT2D eigenvalue weighted by atomic mass is 35.5. The maximum atomic E-state index is 13.0. The van der Waals surface area contributed by atoms with E-state index in [1.807, 2.05) is 6.07 Å². The first kappa shape index (κ1) is 12.7. The van der Waals surface area contributed by atoms with Crippen molar-refractivity contribution < 1.29 is 9.18 Å². The Labute approximate surface area is 109 Å². The van der Waals surface area contributed by atoms with Crippen molar-refractivity contribution in [2.75, 3.05) is 0 Å². The molecule has 0 radical (unpaired) electrons. The monoisotopic (exact) mass is 263 g/mol. The lowest BCUT2D eigenvalue weighted by Crippen LogP contribution is -2.04. The molecule has 0 unspecified atom stereocenters. The van der Waals surface area contributed by atoms with E-state index in [4.69, 9.17) is 17.3 Å². The molecule has 0 aliphatic carbocycles. The molecule has 0 saturated carbocycles. The number of benzene rings is 2. The summed E-state index contributed by atoms with van der Waals surface area (Å²) in [5.74, 6) is -0.740. The quantitative estimate of drug-likeness (QED) is 0.865. The number of rotatable bonds is 3. The fraction of sp³-hybridized carbons (Fsp3) is 0.0714. The number of hydrogen-bond donors (Lipinski definition) is 1. The van der Waals surface area contributed by atoms with Crippen molar-refractivity contribution in [3.05, 3.63) is 70.0 Å². The van der Waals surface area contributed by atoms with Crippen molar-refractivity contribution in [1.29, 1.82) is 0 Å². The van der Waals surface area contributed by atoms with Gasteiger partial charge in [0.05, 0.1) is 5.02 Å². The maximum absolute atomic E-state index is 13.0. The van der Waals surface area contributed by atoms with Crippen LogP contribution < -0.4 is 5.73 Å². The van der Waals surface area contributed by atoms with E-state index < -0.39 is 5.82 Å². The first-order chi connectivity index (χ1) is 8.61. The Kier molecular flexibility index (Phi) is 3.75. The zero-order chi connectivity index (χ0) is 13.1. The molecule has 0 heterocycles. The molecule has 2 aromatic carbocycles. The van der Waals surface area contributed by atoms with Crippen LogP contribution in [0.5, 0.6) is 0 Å². The predicted octanol–water partition coefficient (Wildman–Crippen LogP) is 3.17. The van der Waals surface area contributed by atoms with Crippen molar-refractivity contribution in [3.8, 4) is 0 Å². The topological polar surface area (TPSA) is 43.1 Å². The number of ketones is 1. The van der Waals surface area contributed by atoms with Crippen LogP contribution in [0.4, 0.5) is 4.39 Å². The number of halogens is 2. The maximum Gasteiger partial charge on any atom is 0.193 e. The Hall–Kier alpha value is -1.71. The third-order valence-corrected chi connectivity index (χ3v) is 2.90. The molecule has 0 spiro atoms. The molecule has 0 aliphatic heterocycles. The third kappa shape index (κ3) is 2.58. The highest BCUT2D eigenvalue weighted by Gasteiger charge is 2.11. The molecule has 92 valence electrons. The fourth-order valence-corrected chi connectivity index (χ4v) is 1.82. The Balaban J connectivity index is 2.38. The van der Waals surface area contributed by atoms with Crippen LogP contribution in [0.2, 0.25) is 5.02 Å². The van der Waals surface area contributed by atoms with Gasteiger partial charge < -0.3 is 5.73 Å². The Morgan fingerprint density at radius 2 is 1.89 bits per heavy atom. The van der Waals surface area contributed by atoms with E-state index in [1.165, 1.54) is 18.2 Å². The molecule has 18 heavy (non-hydrogen) atoms. The van der Waals surface area contributed by atoms with Crippen molar-refractivity contribution in [2.45, 2.75) is 6.54 Å². The summed E-state index contributed by atoms with van der Waals surface area (Å²) < 4.78 is 13.0. The van der Waals surface area contributed by atoms with Gasteiger partial charge in [-0.2, -0.15) is 0 Å². The standard InChI is InChI=1S/C14H11ClFNO/c15-12-7-11(4-5-13(12)16)14(18)10-3-1-2-9(6-10)8-17/h1-7H,8,17H2. The van der Waals surface area contributed by atoms with Gasteiger partial charge in [0, 0.05) is 17.7 Å². The molecule has 2 rings (SSSR count). The number of carbonyl (C=O) groups excluding carboxylic acids is 1. The van der Waals surface area contributed by atoms with E-state index in [2.05, 4.69) is 0 Å². The molecule has 0 aromatic heterocycles.